The number of esters is 1. The monoisotopic (exact) mass is 215 g/mol. The van der Waals surface area contributed by atoms with Crippen molar-refractivity contribution in [2.24, 2.45) is 11.7 Å². The predicted octanol–water partition coefficient (Wildman–Crippen LogP) is 1.08. The molecular weight excluding hydrogens is 194 g/mol. The van der Waals surface area contributed by atoms with E-state index in [2.05, 4.69) is 0 Å². The van der Waals surface area contributed by atoms with Crippen molar-refractivity contribution in [2.75, 3.05) is 13.2 Å². The Balaban J connectivity index is 2.13. The van der Waals surface area contributed by atoms with Crippen molar-refractivity contribution in [3.8, 4) is 0 Å². The van der Waals surface area contributed by atoms with E-state index >= 15 is 0 Å². The topological polar surface area (TPSA) is 61.5 Å². The smallest absolute Gasteiger partial charge is 0.310 e. The molecule has 1 saturated carbocycles. The molecule has 0 aromatic heterocycles. The fourth-order valence-corrected chi connectivity index (χ4v) is 1.81. The first-order valence-corrected chi connectivity index (χ1v) is 5.65. The molecule has 0 saturated heterocycles. The molecule has 0 amide bonds. The minimum atomic E-state index is -0.160. The van der Waals surface area contributed by atoms with Gasteiger partial charge in [0.2, 0.25) is 0 Å². The first kappa shape index (κ1) is 12.5. The Morgan fingerprint density at radius 2 is 2.13 bits per heavy atom. The van der Waals surface area contributed by atoms with Gasteiger partial charge in [-0.15, -0.1) is 0 Å². The second kappa shape index (κ2) is 6.08. The lowest BCUT2D eigenvalue weighted by molar-refractivity contribution is -0.150. The van der Waals surface area contributed by atoms with Crippen LogP contribution in [0.1, 0.15) is 33.1 Å². The lowest BCUT2D eigenvalue weighted by atomic mass is 10.1. The number of carbonyl (C=O) groups is 1. The van der Waals surface area contributed by atoms with Gasteiger partial charge in [0.1, 0.15) is 6.61 Å². The van der Waals surface area contributed by atoms with Gasteiger partial charge in [0.15, 0.2) is 0 Å². The first-order valence-electron chi connectivity index (χ1n) is 5.65. The number of hydrogen-bond acceptors (Lipinski definition) is 4. The molecule has 4 heteroatoms. The van der Waals surface area contributed by atoms with Crippen molar-refractivity contribution in [1.29, 1.82) is 0 Å². The van der Waals surface area contributed by atoms with Crippen LogP contribution in [0.15, 0.2) is 0 Å². The zero-order valence-electron chi connectivity index (χ0n) is 9.57. The summed E-state index contributed by atoms with van der Waals surface area (Å²) in [5.74, 6) is -0.253. The van der Waals surface area contributed by atoms with Crippen LogP contribution in [-0.2, 0) is 14.3 Å². The van der Waals surface area contributed by atoms with Crippen LogP contribution in [0.3, 0.4) is 0 Å². The summed E-state index contributed by atoms with van der Waals surface area (Å²) < 4.78 is 10.4. The van der Waals surface area contributed by atoms with E-state index in [0.717, 1.165) is 19.3 Å². The zero-order valence-corrected chi connectivity index (χ0v) is 9.57. The molecule has 0 aliphatic heterocycles. The predicted molar refractivity (Wildman–Crippen MR) is 57.4 cm³/mol. The van der Waals surface area contributed by atoms with Crippen molar-refractivity contribution in [1.82, 2.24) is 0 Å². The molecule has 1 aliphatic rings. The molecule has 1 aliphatic carbocycles. The van der Waals surface area contributed by atoms with Crippen LogP contribution < -0.4 is 5.73 Å². The van der Waals surface area contributed by atoms with Gasteiger partial charge in [0, 0.05) is 6.04 Å². The summed E-state index contributed by atoms with van der Waals surface area (Å²) >= 11 is 0. The van der Waals surface area contributed by atoms with Crippen LogP contribution >= 0.6 is 0 Å². The fourth-order valence-electron chi connectivity index (χ4n) is 1.81. The number of ether oxygens (including phenoxy) is 2. The van der Waals surface area contributed by atoms with Gasteiger partial charge < -0.3 is 15.2 Å². The second-order valence-electron chi connectivity index (χ2n) is 4.29. The molecule has 0 spiro atoms. The van der Waals surface area contributed by atoms with Crippen LogP contribution in [0.5, 0.6) is 0 Å². The minimum absolute atomic E-state index is 0.0106. The lowest BCUT2D eigenvalue weighted by Gasteiger charge is -2.14. The lowest BCUT2D eigenvalue weighted by Crippen LogP contribution is -2.32. The maximum Gasteiger partial charge on any atom is 0.310 e. The van der Waals surface area contributed by atoms with E-state index < -0.39 is 0 Å². The van der Waals surface area contributed by atoms with Gasteiger partial charge in [-0.25, -0.2) is 0 Å². The van der Waals surface area contributed by atoms with Crippen LogP contribution in [-0.4, -0.2) is 31.3 Å². The molecule has 1 rings (SSSR count). The molecular formula is C11H21NO3. The molecule has 0 aromatic carbocycles. The standard InChI is InChI=1S/C11H21NO3/c1-8(2)14-6-7-15-11(13)9-4-3-5-10(9)12/h8-10H,3-7,12H2,1-2H3. The maximum absolute atomic E-state index is 11.5. The SMILES string of the molecule is CC(C)OCCOC(=O)C1CCCC1N. The molecule has 0 heterocycles. The molecule has 1 fully saturated rings. The average Bonchev–Trinajstić information content (AvgIpc) is 2.58. The molecule has 0 aromatic rings. The summed E-state index contributed by atoms with van der Waals surface area (Å²) in [5, 5.41) is 0. The van der Waals surface area contributed by atoms with E-state index in [1.807, 2.05) is 13.8 Å². The van der Waals surface area contributed by atoms with Crippen LogP contribution in [0.2, 0.25) is 0 Å². The molecule has 2 atom stereocenters. The Bertz CT molecular complexity index is 206. The largest absolute Gasteiger partial charge is 0.463 e. The van der Waals surface area contributed by atoms with Crippen molar-refractivity contribution in [3.05, 3.63) is 0 Å². The number of carbonyl (C=O) groups excluding carboxylic acids is 1. The summed E-state index contributed by atoms with van der Waals surface area (Å²) in [4.78, 5) is 11.5. The highest BCUT2D eigenvalue weighted by molar-refractivity contribution is 5.73. The van der Waals surface area contributed by atoms with E-state index in [1.54, 1.807) is 0 Å². The third-order valence-corrected chi connectivity index (χ3v) is 2.65. The first-order chi connectivity index (χ1) is 7.11. The van der Waals surface area contributed by atoms with E-state index in [0.29, 0.717) is 13.2 Å². The summed E-state index contributed by atoms with van der Waals surface area (Å²) in [6.45, 7) is 4.70. The van der Waals surface area contributed by atoms with E-state index in [9.17, 15) is 4.79 Å². The summed E-state index contributed by atoms with van der Waals surface area (Å²) in [7, 11) is 0. The normalized spacial score (nSPS) is 25.9. The highest BCUT2D eigenvalue weighted by atomic mass is 16.6. The fraction of sp³-hybridized carbons (Fsp3) is 0.909. The highest BCUT2D eigenvalue weighted by Gasteiger charge is 2.31. The Morgan fingerprint density at radius 1 is 1.40 bits per heavy atom. The average molecular weight is 215 g/mol. The Morgan fingerprint density at radius 3 is 2.67 bits per heavy atom. The second-order valence-corrected chi connectivity index (χ2v) is 4.29. The number of hydrogen-bond donors (Lipinski definition) is 1. The summed E-state index contributed by atoms with van der Waals surface area (Å²) in [5.41, 5.74) is 5.80. The van der Waals surface area contributed by atoms with Crippen LogP contribution in [0.4, 0.5) is 0 Å². The van der Waals surface area contributed by atoms with Crippen molar-refractivity contribution < 1.29 is 14.3 Å². The molecule has 88 valence electrons. The van der Waals surface area contributed by atoms with Gasteiger partial charge in [-0.1, -0.05) is 6.42 Å². The minimum Gasteiger partial charge on any atom is -0.463 e. The van der Waals surface area contributed by atoms with Gasteiger partial charge in [-0.2, -0.15) is 0 Å². The van der Waals surface area contributed by atoms with Gasteiger partial charge in [-0.05, 0) is 26.7 Å². The molecule has 15 heavy (non-hydrogen) atoms. The Labute approximate surface area is 91.1 Å². The van der Waals surface area contributed by atoms with Gasteiger partial charge in [-0.3, -0.25) is 4.79 Å². The summed E-state index contributed by atoms with van der Waals surface area (Å²) in [6.07, 6.45) is 3.01. The van der Waals surface area contributed by atoms with Crippen molar-refractivity contribution in [2.45, 2.75) is 45.3 Å². The van der Waals surface area contributed by atoms with Crippen molar-refractivity contribution >= 4 is 5.97 Å². The highest BCUT2D eigenvalue weighted by Crippen LogP contribution is 2.24. The molecule has 0 bridgehead atoms. The zero-order chi connectivity index (χ0) is 11.3. The van der Waals surface area contributed by atoms with Gasteiger partial charge in [0.25, 0.3) is 0 Å². The quantitative estimate of drug-likeness (QED) is 0.550. The molecule has 2 N–H and O–H groups in total. The van der Waals surface area contributed by atoms with Gasteiger partial charge in [0.05, 0.1) is 18.6 Å². The molecule has 2 unspecified atom stereocenters. The maximum atomic E-state index is 11.5. The van der Waals surface area contributed by atoms with E-state index in [1.165, 1.54) is 0 Å². The summed E-state index contributed by atoms with van der Waals surface area (Å²) in [6, 6.07) is -0.0106. The van der Waals surface area contributed by atoms with Crippen molar-refractivity contribution in [3.63, 3.8) is 0 Å². The molecule has 4 nitrogen and oxygen atoms in total. The number of nitrogens with two attached hydrogens (primary N) is 1. The van der Waals surface area contributed by atoms with Gasteiger partial charge >= 0.3 is 5.97 Å². The van der Waals surface area contributed by atoms with Crippen LogP contribution in [0, 0.1) is 5.92 Å². The number of rotatable bonds is 5. The van der Waals surface area contributed by atoms with E-state index in [4.69, 9.17) is 15.2 Å². The third kappa shape index (κ3) is 4.18. The van der Waals surface area contributed by atoms with E-state index in [-0.39, 0.29) is 24.0 Å². The molecule has 0 radical (unpaired) electrons. The Hall–Kier alpha value is -0.610. The Kier molecular flexibility index (Phi) is 5.05. The third-order valence-electron chi connectivity index (χ3n) is 2.65. The van der Waals surface area contributed by atoms with Crippen LogP contribution in [0.25, 0.3) is 0 Å².